The van der Waals surface area contributed by atoms with Gasteiger partial charge in [0, 0.05) is 17.6 Å². The molecule has 5 nitrogen and oxygen atoms in total. The number of fused-ring (bicyclic) bond motifs is 1. The lowest BCUT2D eigenvalue weighted by Gasteiger charge is -2.12. The number of carbonyl (C=O) groups is 1. The second-order valence-corrected chi connectivity index (χ2v) is 6.88. The number of nitrogens with zero attached hydrogens (tertiary/aromatic N) is 2. The molecular weight excluding hydrogens is 338 g/mol. The van der Waals surface area contributed by atoms with Crippen molar-refractivity contribution in [3.8, 4) is 0 Å². The van der Waals surface area contributed by atoms with Gasteiger partial charge >= 0.3 is 0 Å². The van der Waals surface area contributed by atoms with Crippen LogP contribution in [0.1, 0.15) is 47.8 Å². The van der Waals surface area contributed by atoms with Crippen LogP contribution in [0, 0.1) is 13.8 Å². The number of aromatic nitrogens is 2. The summed E-state index contributed by atoms with van der Waals surface area (Å²) in [7, 11) is 0. The lowest BCUT2D eigenvalue weighted by molar-refractivity contribution is 0.102. The molecule has 3 aromatic rings. The zero-order valence-corrected chi connectivity index (χ0v) is 16.1. The molecule has 0 unspecified atom stereocenters. The van der Waals surface area contributed by atoms with E-state index in [1.165, 1.54) is 10.2 Å². The highest BCUT2D eigenvalue weighted by Crippen LogP contribution is 2.18. The largest absolute Gasteiger partial charge is 0.321 e. The summed E-state index contributed by atoms with van der Waals surface area (Å²) in [6.07, 6.45) is 2.94. The molecule has 5 heteroatoms. The molecule has 3 rings (SSSR count). The van der Waals surface area contributed by atoms with Gasteiger partial charge in [0.15, 0.2) is 5.69 Å². The van der Waals surface area contributed by atoms with Crippen LogP contribution < -0.4 is 10.9 Å². The van der Waals surface area contributed by atoms with Crippen LogP contribution in [0.4, 0.5) is 5.69 Å². The lowest BCUT2D eigenvalue weighted by atomic mass is 10.1. The Morgan fingerprint density at radius 3 is 2.48 bits per heavy atom. The van der Waals surface area contributed by atoms with Gasteiger partial charge in [-0.15, -0.1) is 0 Å². The molecule has 0 saturated carbocycles. The molecule has 1 amide bonds. The number of hydrogen-bond donors (Lipinski definition) is 1. The van der Waals surface area contributed by atoms with Crippen molar-refractivity contribution in [3.63, 3.8) is 0 Å². The second kappa shape index (κ2) is 8.16. The third kappa shape index (κ3) is 4.08. The Labute approximate surface area is 159 Å². The quantitative estimate of drug-likeness (QED) is 0.658. The van der Waals surface area contributed by atoms with Crippen molar-refractivity contribution in [1.82, 2.24) is 9.78 Å². The van der Waals surface area contributed by atoms with Gasteiger partial charge in [0.2, 0.25) is 0 Å². The summed E-state index contributed by atoms with van der Waals surface area (Å²) in [4.78, 5) is 25.6. The number of nitrogens with one attached hydrogen (secondary N) is 1. The van der Waals surface area contributed by atoms with Crippen LogP contribution in [-0.4, -0.2) is 15.7 Å². The van der Waals surface area contributed by atoms with Gasteiger partial charge in [-0.1, -0.05) is 44.0 Å². The molecule has 0 bridgehead atoms. The predicted octanol–water partition coefficient (Wildman–Crippen LogP) is 4.46. The number of aryl methyl sites for hydroxylation is 3. The fourth-order valence-electron chi connectivity index (χ4n) is 3.08. The van der Waals surface area contributed by atoms with E-state index in [9.17, 15) is 9.59 Å². The van der Waals surface area contributed by atoms with Gasteiger partial charge in [-0.25, -0.2) is 4.68 Å². The van der Waals surface area contributed by atoms with Crippen LogP contribution in [0.25, 0.3) is 10.8 Å². The van der Waals surface area contributed by atoms with Crippen LogP contribution in [0.5, 0.6) is 0 Å². The molecule has 0 atom stereocenters. The van der Waals surface area contributed by atoms with E-state index in [2.05, 4.69) is 17.3 Å². The first kappa shape index (κ1) is 18.8. The molecule has 140 valence electrons. The number of carbonyl (C=O) groups excluding carboxylic acids is 1. The van der Waals surface area contributed by atoms with E-state index >= 15 is 0 Å². The van der Waals surface area contributed by atoms with E-state index in [1.54, 1.807) is 12.1 Å². The molecule has 1 aromatic heterocycles. The van der Waals surface area contributed by atoms with E-state index in [0.29, 0.717) is 17.3 Å². The van der Waals surface area contributed by atoms with Crippen molar-refractivity contribution in [1.29, 1.82) is 0 Å². The van der Waals surface area contributed by atoms with E-state index in [-0.39, 0.29) is 17.2 Å². The summed E-state index contributed by atoms with van der Waals surface area (Å²) >= 11 is 0. The van der Waals surface area contributed by atoms with Crippen molar-refractivity contribution < 1.29 is 4.79 Å². The molecule has 0 fully saturated rings. The first-order valence-electron chi connectivity index (χ1n) is 9.39. The third-order valence-corrected chi connectivity index (χ3v) is 4.82. The molecule has 0 aliphatic rings. The van der Waals surface area contributed by atoms with Crippen LogP contribution in [0.2, 0.25) is 0 Å². The molecule has 27 heavy (non-hydrogen) atoms. The number of benzene rings is 2. The van der Waals surface area contributed by atoms with Crippen LogP contribution in [-0.2, 0) is 6.54 Å². The van der Waals surface area contributed by atoms with E-state index in [0.717, 1.165) is 30.5 Å². The Kier molecular flexibility index (Phi) is 5.69. The van der Waals surface area contributed by atoms with Crippen molar-refractivity contribution in [2.75, 3.05) is 5.32 Å². The van der Waals surface area contributed by atoms with E-state index in [4.69, 9.17) is 0 Å². The summed E-state index contributed by atoms with van der Waals surface area (Å²) < 4.78 is 1.42. The summed E-state index contributed by atoms with van der Waals surface area (Å²) in [6, 6.07) is 12.9. The first-order chi connectivity index (χ1) is 13.0. The zero-order valence-electron chi connectivity index (χ0n) is 16.1. The monoisotopic (exact) mass is 363 g/mol. The predicted molar refractivity (Wildman–Crippen MR) is 109 cm³/mol. The molecular formula is C22H25N3O2. The standard InChI is InChI=1S/C22H25N3O2/c1-4-5-8-13-25-22(27)19-10-7-6-9-18(19)20(24-25)21(26)23-17-12-11-15(2)16(3)14-17/h6-7,9-12,14H,4-5,8,13H2,1-3H3,(H,23,26). The van der Waals surface area contributed by atoms with Gasteiger partial charge in [-0.05, 0) is 49.6 Å². The molecule has 0 aliphatic heterocycles. The molecule has 2 aromatic carbocycles. The third-order valence-electron chi connectivity index (χ3n) is 4.82. The summed E-state index contributed by atoms with van der Waals surface area (Å²) in [5, 5.41) is 8.42. The Bertz CT molecular complexity index is 1040. The van der Waals surface area contributed by atoms with Crippen molar-refractivity contribution in [2.45, 2.75) is 46.6 Å². The minimum atomic E-state index is -0.307. The Morgan fingerprint density at radius 1 is 1.04 bits per heavy atom. The molecule has 0 saturated heterocycles. The SMILES string of the molecule is CCCCCn1nc(C(=O)Nc2ccc(C)c(C)c2)c2ccccc2c1=O. The minimum Gasteiger partial charge on any atom is -0.321 e. The average Bonchev–Trinajstić information content (AvgIpc) is 2.66. The van der Waals surface area contributed by atoms with Gasteiger partial charge in [0.25, 0.3) is 11.5 Å². The van der Waals surface area contributed by atoms with Crippen LogP contribution >= 0.6 is 0 Å². The van der Waals surface area contributed by atoms with Crippen molar-refractivity contribution >= 4 is 22.4 Å². The van der Waals surface area contributed by atoms with E-state index < -0.39 is 0 Å². The average molecular weight is 363 g/mol. The summed E-state index contributed by atoms with van der Waals surface area (Å²) in [5.41, 5.74) is 3.12. The molecule has 0 aliphatic carbocycles. The van der Waals surface area contributed by atoms with Gasteiger partial charge in [0.05, 0.1) is 5.39 Å². The maximum Gasteiger partial charge on any atom is 0.276 e. The maximum absolute atomic E-state index is 12.9. The van der Waals surface area contributed by atoms with Gasteiger partial charge in [0.1, 0.15) is 0 Å². The Hall–Kier alpha value is -2.95. The Balaban J connectivity index is 2.00. The molecule has 1 N–H and O–H groups in total. The smallest absolute Gasteiger partial charge is 0.276 e. The number of unbranched alkanes of at least 4 members (excludes halogenated alkanes) is 2. The normalized spacial score (nSPS) is 10.9. The topological polar surface area (TPSA) is 64.0 Å². The van der Waals surface area contributed by atoms with E-state index in [1.807, 2.05) is 44.2 Å². The summed E-state index contributed by atoms with van der Waals surface area (Å²) in [5.74, 6) is -0.307. The highest BCUT2D eigenvalue weighted by molar-refractivity contribution is 6.11. The van der Waals surface area contributed by atoms with Crippen molar-refractivity contribution in [2.24, 2.45) is 0 Å². The number of anilines is 1. The first-order valence-corrected chi connectivity index (χ1v) is 9.39. The maximum atomic E-state index is 12.9. The molecule has 0 spiro atoms. The number of rotatable bonds is 6. The van der Waals surface area contributed by atoms with Crippen LogP contribution in [0.15, 0.2) is 47.3 Å². The molecule has 0 radical (unpaired) electrons. The molecule has 1 heterocycles. The van der Waals surface area contributed by atoms with Crippen LogP contribution in [0.3, 0.4) is 0 Å². The Morgan fingerprint density at radius 2 is 1.78 bits per heavy atom. The fourth-order valence-corrected chi connectivity index (χ4v) is 3.08. The number of hydrogen-bond acceptors (Lipinski definition) is 3. The highest BCUT2D eigenvalue weighted by Gasteiger charge is 2.17. The highest BCUT2D eigenvalue weighted by atomic mass is 16.2. The summed E-state index contributed by atoms with van der Waals surface area (Å²) in [6.45, 7) is 6.66. The second-order valence-electron chi connectivity index (χ2n) is 6.88. The van der Waals surface area contributed by atoms with Crippen molar-refractivity contribution in [3.05, 3.63) is 69.6 Å². The van der Waals surface area contributed by atoms with Gasteiger partial charge < -0.3 is 5.32 Å². The lowest BCUT2D eigenvalue weighted by Crippen LogP contribution is -2.27. The zero-order chi connectivity index (χ0) is 19.4. The van der Waals surface area contributed by atoms with Gasteiger partial charge in [-0.3, -0.25) is 9.59 Å². The minimum absolute atomic E-state index is 0.149. The van der Waals surface area contributed by atoms with Gasteiger partial charge in [-0.2, -0.15) is 5.10 Å². The fraction of sp³-hybridized carbons (Fsp3) is 0.318. The number of amides is 1.